The Balaban J connectivity index is 1.68. The van der Waals surface area contributed by atoms with Crippen LogP contribution in [0, 0.1) is 13.8 Å². The van der Waals surface area contributed by atoms with Crippen molar-refractivity contribution in [3.63, 3.8) is 0 Å². The lowest BCUT2D eigenvalue weighted by molar-refractivity contribution is -0.135. The Morgan fingerprint density at radius 3 is 2.55 bits per heavy atom. The lowest BCUT2D eigenvalue weighted by Crippen LogP contribution is -2.39. The summed E-state index contributed by atoms with van der Waals surface area (Å²) < 4.78 is 11.7. The molecule has 0 bridgehead atoms. The molecule has 29 heavy (non-hydrogen) atoms. The highest BCUT2D eigenvalue weighted by Gasteiger charge is 2.23. The van der Waals surface area contributed by atoms with Gasteiger partial charge in [0.15, 0.2) is 6.61 Å². The van der Waals surface area contributed by atoms with E-state index in [1.807, 2.05) is 51.0 Å². The number of nitrogens with zero attached hydrogens (tertiary/aromatic N) is 2. The Morgan fingerprint density at radius 2 is 1.90 bits per heavy atom. The van der Waals surface area contributed by atoms with Crippen LogP contribution < -0.4 is 9.64 Å². The molecular formula is C24H32N2O3. The van der Waals surface area contributed by atoms with Crippen LogP contribution in [-0.4, -0.2) is 50.8 Å². The van der Waals surface area contributed by atoms with Crippen molar-refractivity contribution in [2.24, 2.45) is 0 Å². The maximum absolute atomic E-state index is 13.0. The number of rotatable bonds is 8. The summed E-state index contributed by atoms with van der Waals surface area (Å²) in [4.78, 5) is 17.0. The predicted octanol–water partition coefficient (Wildman–Crippen LogP) is 3.96. The summed E-state index contributed by atoms with van der Waals surface area (Å²) in [6.07, 6.45) is 2.17. The molecule has 1 aliphatic rings. The normalized spacial score (nSPS) is 15.9. The second-order valence-electron chi connectivity index (χ2n) is 7.96. The number of ether oxygens (including phenoxy) is 2. The van der Waals surface area contributed by atoms with E-state index in [-0.39, 0.29) is 18.6 Å². The van der Waals surface area contributed by atoms with Crippen LogP contribution in [-0.2, 0) is 16.1 Å². The van der Waals surface area contributed by atoms with Crippen LogP contribution >= 0.6 is 0 Å². The van der Waals surface area contributed by atoms with Gasteiger partial charge in [-0.3, -0.25) is 4.79 Å². The van der Waals surface area contributed by atoms with Gasteiger partial charge in [-0.2, -0.15) is 0 Å². The van der Waals surface area contributed by atoms with Gasteiger partial charge in [0.2, 0.25) is 0 Å². The molecule has 2 aromatic carbocycles. The van der Waals surface area contributed by atoms with Gasteiger partial charge in [0.05, 0.1) is 6.10 Å². The van der Waals surface area contributed by atoms with E-state index in [9.17, 15) is 4.79 Å². The van der Waals surface area contributed by atoms with Crippen molar-refractivity contribution in [2.75, 3.05) is 38.8 Å². The van der Waals surface area contributed by atoms with Crippen LogP contribution in [0.15, 0.2) is 42.5 Å². The number of aryl methyl sites for hydroxylation is 1. The molecular weight excluding hydrogens is 364 g/mol. The number of hydrogen-bond acceptors (Lipinski definition) is 4. The van der Waals surface area contributed by atoms with E-state index < -0.39 is 0 Å². The van der Waals surface area contributed by atoms with Gasteiger partial charge in [-0.15, -0.1) is 0 Å². The SMILES string of the molecule is Cc1cccc(OCC(=O)N(Cc2ccc(N(C)C)cc2)C[C@@H]2CCCO2)c1C. The predicted molar refractivity (Wildman–Crippen MR) is 117 cm³/mol. The molecule has 0 unspecified atom stereocenters. The van der Waals surface area contributed by atoms with Crippen LogP contribution in [0.4, 0.5) is 5.69 Å². The second-order valence-corrected chi connectivity index (χ2v) is 7.96. The molecule has 0 aliphatic carbocycles. The standard InChI is InChI=1S/C24H32N2O3/c1-18-7-5-9-23(19(18)2)29-17-24(27)26(16-22-8-6-14-28-22)15-20-10-12-21(13-11-20)25(3)4/h5,7,9-13,22H,6,8,14-17H2,1-4H3/t22-/m0/s1. The lowest BCUT2D eigenvalue weighted by Gasteiger charge is -2.26. The third-order valence-electron chi connectivity index (χ3n) is 5.53. The molecule has 0 N–H and O–H groups in total. The fourth-order valence-corrected chi connectivity index (χ4v) is 3.52. The molecule has 1 amide bonds. The lowest BCUT2D eigenvalue weighted by atomic mass is 10.1. The highest BCUT2D eigenvalue weighted by molar-refractivity contribution is 5.78. The summed E-state index contributed by atoms with van der Waals surface area (Å²) in [5, 5.41) is 0. The van der Waals surface area contributed by atoms with Crippen molar-refractivity contribution in [3.8, 4) is 5.75 Å². The molecule has 0 saturated carbocycles. The summed E-state index contributed by atoms with van der Waals surface area (Å²) in [5.74, 6) is 0.754. The number of carbonyl (C=O) groups is 1. The molecule has 5 nitrogen and oxygen atoms in total. The first kappa shape index (κ1) is 21.2. The fourth-order valence-electron chi connectivity index (χ4n) is 3.52. The maximum Gasteiger partial charge on any atom is 0.260 e. The van der Waals surface area contributed by atoms with Crippen LogP contribution in [0.5, 0.6) is 5.75 Å². The highest BCUT2D eigenvalue weighted by atomic mass is 16.5. The van der Waals surface area contributed by atoms with Gasteiger partial charge in [-0.25, -0.2) is 0 Å². The first-order chi connectivity index (χ1) is 13.9. The number of benzene rings is 2. The zero-order valence-corrected chi connectivity index (χ0v) is 18.0. The van der Waals surface area contributed by atoms with Crippen molar-refractivity contribution >= 4 is 11.6 Å². The number of amides is 1. The molecule has 0 aromatic heterocycles. The second kappa shape index (κ2) is 9.79. The van der Waals surface area contributed by atoms with Gasteiger partial charge in [-0.05, 0) is 61.6 Å². The summed E-state index contributed by atoms with van der Waals surface area (Å²) in [5.41, 5.74) is 4.48. The molecule has 5 heteroatoms. The zero-order valence-electron chi connectivity index (χ0n) is 18.0. The minimum atomic E-state index is -0.0157. The summed E-state index contributed by atoms with van der Waals surface area (Å²) >= 11 is 0. The third kappa shape index (κ3) is 5.73. The van der Waals surface area contributed by atoms with Crippen LogP contribution in [0.25, 0.3) is 0 Å². The van der Waals surface area contributed by atoms with E-state index in [4.69, 9.17) is 9.47 Å². The largest absolute Gasteiger partial charge is 0.483 e. The molecule has 3 rings (SSSR count). The average Bonchev–Trinajstić information content (AvgIpc) is 3.22. The molecule has 156 valence electrons. The molecule has 0 radical (unpaired) electrons. The Hall–Kier alpha value is -2.53. The smallest absolute Gasteiger partial charge is 0.260 e. The third-order valence-corrected chi connectivity index (χ3v) is 5.53. The van der Waals surface area contributed by atoms with Crippen molar-refractivity contribution in [2.45, 2.75) is 39.3 Å². The Labute approximate surface area is 174 Å². The van der Waals surface area contributed by atoms with Crippen LogP contribution in [0.1, 0.15) is 29.5 Å². The Morgan fingerprint density at radius 1 is 1.14 bits per heavy atom. The molecule has 1 saturated heterocycles. The van der Waals surface area contributed by atoms with Crippen LogP contribution in [0.2, 0.25) is 0 Å². The van der Waals surface area contributed by atoms with Crippen molar-refractivity contribution in [1.29, 1.82) is 0 Å². The Kier molecular flexibility index (Phi) is 7.15. The van der Waals surface area contributed by atoms with E-state index in [1.54, 1.807) is 0 Å². The van der Waals surface area contributed by atoms with Gasteiger partial charge in [0, 0.05) is 39.5 Å². The van der Waals surface area contributed by atoms with Gasteiger partial charge in [0.25, 0.3) is 5.91 Å². The highest BCUT2D eigenvalue weighted by Crippen LogP contribution is 2.21. The van der Waals surface area contributed by atoms with Crippen LogP contribution in [0.3, 0.4) is 0 Å². The number of anilines is 1. The minimum Gasteiger partial charge on any atom is -0.483 e. The fraction of sp³-hybridized carbons (Fsp3) is 0.458. The summed E-state index contributed by atoms with van der Waals surface area (Å²) in [6, 6.07) is 14.2. The maximum atomic E-state index is 13.0. The van der Waals surface area contributed by atoms with E-state index in [2.05, 4.69) is 29.2 Å². The number of carbonyl (C=O) groups excluding carboxylic acids is 1. The molecule has 1 atom stereocenters. The molecule has 1 aliphatic heterocycles. The summed E-state index contributed by atoms with van der Waals surface area (Å²) in [7, 11) is 4.04. The number of hydrogen-bond donors (Lipinski definition) is 0. The van der Waals surface area contributed by atoms with Crippen molar-refractivity contribution < 1.29 is 14.3 Å². The van der Waals surface area contributed by atoms with Gasteiger partial charge in [0.1, 0.15) is 5.75 Å². The van der Waals surface area contributed by atoms with Crippen molar-refractivity contribution in [3.05, 3.63) is 59.2 Å². The molecule has 1 heterocycles. The average molecular weight is 397 g/mol. The summed E-state index contributed by atoms with van der Waals surface area (Å²) in [6.45, 7) is 6.04. The van der Waals surface area contributed by atoms with Gasteiger partial charge >= 0.3 is 0 Å². The Bertz CT molecular complexity index is 811. The van der Waals surface area contributed by atoms with Gasteiger partial charge < -0.3 is 19.3 Å². The first-order valence-corrected chi connectivity index (χ1v) is 10.3. The zero-order chi connectivity index (χ0) is 20.8. The molecule has 1 fully saturated rings. The minimum absolute atomic E-state index is 0.0157. The van der Waals surface area contributed by atoms with Crippen molar-refractivity contribution in [1.82, 2.24) is 4.90 Å². The molecule has 0 spiro atoms. The van der Waals surface area contributed by atoms with Gasteiger partial charge in [-0.1, -0.05) is 24.3 Å². The van der Waals surface area contributed by atoms with E-state index in [1.165, 1.54) is 0 Å². The topological polar surface area (TPSA) is 42.0 Å². The monoisotopic (exact) mass is 396 g/mol. The molecule has 2 aromatic rings. The van der Waals surface area contributed by atoms with E-state index >= 15 is 0 Å². The van der Waals surface area contributed by atoms with E-state index in [0.717, 1.165) is 47.6 Å². The quantitative estimate of drug-likeness (QED) is 0.677. The first-order valence-electron chi connectivity index (χ1n) is 10.3. The van der Waals surface area contributed by atoms with E-state index in [0.29, 0.717) is 13.1 Å².